The van der Waals surface area contributed by atoms with Gasteiger partial charge in [0.1, 0.15) is 17.8 Å². The summed E-state index contributed by atoms with van der Waals surface area (Å²) in [4.78, 5) is 19.7. The predicted molar refractivity (Wildman–Crippen MR) is 76.9 cm³/mol. The van der Waals surface area contributed by atoms with E-state index in [2.05, 4.69) is 25.3 Å². The molecule has 0 amide bonds. The number of pyridine rings is 1. The van der Waals surface area contributed by atoms with Gasteiger partial charge in [0, 0.05) is 18.5 Å². The van der Waals surface area contributed by atoms with Gasteiger partial charge in [-0.15, -0.1) is 0 Å². The van der Waals surface area contributed by atoms with Gasteiger partial charge in [0.2, 0.25) is 5.78 Å². The van der Waals surface area contributed by atoms with Crippen molar-refractivity contribution in [2.24, 2.45) is 0 Å². The number of carbonyl (C=O) groups is 1. The quantitative estimate of drug-likeness (QED) is 0.416. The number of hydrogen-bond acceptors (Lipinski definition) is 6. The number of aliphatic hydroxyl groups is 1. The molecule has 8 heteroatoms. The van der Waals surface area contributed by atoms with Gasteiger partial charge in [0.05, 0.1) is 12.2 Å². The Hall–Kier alpha value is -3.29. The molecule has 3 heterocycles. The molecule has 0 saturated carbocycles. The van der Waals surface area contributed by atoms with E-state index >= 15 is 0 Å². The van der Waals surface area contributed by atoms with Crippen molar-refractivity contribution in [3.63, 3.8) is 0 Å². The van der Waals surface area contributed by atoms with E-state index in [1.165, 1.54) is 6.33 Å². The van der Waals surface area contributed by atoms with Gasteiger partial charge in [-0.2, -0.15) is 10.2 Å². The van der Waals surface area contributed by atoms with Crippen LogP contribution in [0.5, 0.6) is 0 Å². The molecule has 0 radical (unpaired) electrons. The average Bonchev–Trinajstić information content (AvgIpc) is 3.19. The lowest BCUT2D eigenvalue weighted by molar-refractivity contribution is 0.103. The zero-order chi connectivity index (χ0) is 15.4. The number of nitrogens with one attached hydrogen (secondary N) is 1. The maximum Gasteiger partial charge on any atom is 0.226 e. The van der Waals surface area contributed by atoms with E-state index in [1.54, 1.807) is 23.1 Å². The highest BCUT2D eigenvalue weighted by Gasteiger charge is 2.10. The Bertz CT molecular complexity index is 792. The smallest absolute Gasteiger partial charge is 0.226 e. The fourth-order valence-corrected chi connectivity index (χ4v) is 1.83. The molecule has 0 aliphatic carbocycles. The van der Waals surface area contributed by atoms with Crippen molar-refractivity contribution in [1.82, 2.24) is 29.9 Å². The highest BCUT2D eigenvalue weighted by atomic mass is 16.3. The maximum absolute atomic E-state index is 11.8. The average molecular weight is 296 g/mol. The van der Waals surface area contributed by atoms with Gasteiger partial charge in [-0.1, -0.05) is 6.07 Å². The van der Waals surface area contributed by atoms with Gasteiger partial charge >= 0.3 is 0 Å². The second-order valence-corrected chi connectivity index (χ2v) is 4.45. The fraction of sp³-hybridized carbons (Fsp3) is 0.0714. The molecular formula is C14H12N6O2. The summed E-state index contributed by atoms with van der Waals surface area (Å²) in [6.45, 7) is 0.476. The van der Waals surface area contributed by atoms with Crippen molar-refractivity contribution in [3.8, 4) is 0 Å². The van der Waals surface area contributed by atoms with Crippen molar-refractivity contribution in [3.05, 3.63) is 66.3 Å². The topological polar surface area (TPSA) is 110 Å². The van der Waals surface area contributed by atoms with E-state index in [9.17, 15) is 9.90 Å². The Kier molecular flexibility index (Phi) is 3.73. The number of aromatic amines is 1. The van der Waals surface area contributed by atoms with Crippen LogP contribution in [-0.2, 0) is 6.54 Å². The van der Waals surface area contributed by atoms with Crippen molar-refractivity contribution in [1.29, 1.82) is 0 Å². The molecule has 0 unspecified atom stereocenters. The van der Waals surface area contributed by atoms with Crippen molar-refractivity contribution in [2.75, 3.05) is 0 Å². The molecule has 0 aromatic carbocycles. The third kappa shape index (κ3) is 3.06. The lowest BCUT2D eigenvalue weighted by Gasteiger charge is -2.00. The summed E-state index contributed by atoms with van der Waals surface area (Å²) in [7, 11) is 0. The standard InChI is InChI=1S/C14H12N6O2/c21-12(7-13(22)14-16-9-17-18-14)11-4-6-20(19-11)8-10-3-1-2-5-15-10/h1-7,9,21H,8H2,(H,16,17,18). The number of nitrogens with zero attached hydrogens (tertiary/aromatic N) is 5. The van der Waals surface area contributed by atoms with Crippen LogP contribution in [0.3, 0.4) is 0 Å². The van der Waals surface area contributed by atoms with Crippen molar-refractivity contribution < 1.29 is 9.90 Å². The van der Waals surface area contributed by atoms with E-state index in [4.69, 9.17) is 0 Å². The molecule has 0 bridgehead atoms. The highest BCUT2D eigenvalue weighted by molar-refractivity contribution is 6.05. The third-order valence-corrected chi connectivity index (χ3v) is 2.87. The minimum Gasteiger partial charge on any atom is -0.505 e. The molecule has 0 saturated heterocycles. The normalized spacial score (nSPS) is 11.5. The molecule has 0 atom stereocenters. The molecule has 22 heavy (non-hydrogen) atoms. The second-order valence-electron chi connectivity index (χ2n) is 4.45. The van der Waals surface area contributed by atoms with E-state index in [0.29, 0.717) is 12.2 Å². The molecule has 0 spiro atoms. The monoisotopic (exact) mass is 296 g/mol. The number of allylic oxidation sites excluding steroid dienone is 1. The van der Waals surface area contributed by atoms with Crippen LogP contribution in [-0.4, -0.2) is 40.8 Å². The number of ketones is 1. The molecule has 0 aliphatic heterocycles. The van der Waals surface area contributed by atoms with Crippen LogP contribution in [0.1, 0.15) is 22.0 Å². The lowest BCUT2D eigenvalue weighted by atomic mass is 10.2. The number of hydrogen-bond donors (Lipinski definition) is 2. The summed E-state index contributed by atoms with van der Waals surface area (Å²) in [5.74, 6) is -0.657. The number of aliphatic hydroxyl groups excluding tert-OH is 1. The molecular weight excluding hydrogens is 284 g/mol. The van der Waals surface area contributed by atoms with E-state index < -0.39 is 5.78 Å². The predicted octanol–water partition coefficient (Wildman–Crippen LogP) is 1.23. The zero-order valence-corrected chi connectivity index (χ0v) is 11.4. The fourth-order valence-electron chi connectivity index (χ4n) is 1.83. The molecule has 2 N–H and O–H groups in total. The minimum atomic E-state index is -0.478. The van der Waals surface area contributed by atoms with Gasteiger partial charge in [-0.25, -0.2) is 4.98 Å². The summed E-state index contributed by atoms with van der Waals surface area (Å²) in [5.41, 5.74) is 1.14. The van der Waals surface area contributed by atoms with Crippen LogP contribution < -0.4 is 0 Å². The number of carbonyl (C=O) groups excluding carboxylic acids is 1. The largest absolute Gasteiger partial charge is 0.505 e. The molecule has 110 valence electrons. The van der Waals surface area contributed by atoms with Crippen LogP contribution in [0.25, 0.3) is 5.76 Å². The van der Waals surface area contributed by atoms with E-state index in [0.717, 1.165) is 11.8 Å². The minimum absolute atomic E-state index is 0.0551. The number of aromatic nitrogens is 6. The summed E-state index contributed by atoms with van der Waals surface area (Å²) in [6, 6.07) is 7.22. The molecule has 3 aromatic heterocycles. The molecule has 0 fully saturated rings. The van der Waals surface area contributed by atoms with Crippen LogP contribution in [0, 0.1) is 0 Å². The highest BCUT2D eigenvalue weighted by Crippen LogP contribution is 2.10. The Morgan fingerprint density at radius 3 is 2.95 bits per heavy atom. The first kappa shape index (κ1) is 13.7. The lowest BCUT2D eigenvalue weighted by Crippen LogP contribution is -2.03. The van der Waals surface area contributed by atoms with Crippen LogP contribution in [0.2, 0.25) is 0 Å². The number of H-pyrrole nitrogens is 1. The van der Waals surface area contributed by atoms with Crippen molar-refractivity contribution in [2.45, 2.75) is 6.54 Å². The molecule has 8 nitrogen and oxygen atoms in total. The van der Waals surface area contributed by atoms with Crippen molar-refractivity contribution >= 4 is 11.5 Å². The Morgan fingerprint density at radius 2 is 2.23 bits per heavy atom. The first-order valence-electron chi connectivity index (χ1n) is 6.46. The molecule has 3 aromatic rings. The van der Waals surface area contributed by atoms with Crippen LogP contribution in [0.4, 0.5) is 0 Å². The summed E-state index contributed by atoms with van der Waals surface area (Å²) in [6.07, 6.45) is 5.67. The zero-order valence-electron chi connectivity index (χ0n) is 11.4. The Morgan fingerprint density at radius 1 is 1.32 bits per heavy atom. The van der Waals surface area contributed by atoms with Crippen LogP contribution >= 0.6 is 0 Å². The van der Waals surface area contributed by atoms with Gasteiger partial charge in [0.25, 0.3) is 0 Å². The summed E-state index contributed by atoms with van der Waals surface area (Å²) in [5, 5.41) is 20.2. The SMILES string of the molecule is O=C(C=C(O)c1ccn(Cc2ccccn2)n1)c1ncn[nH]1. The van der Waals surface area contributed by atoms with E-state index in [-0.39, 0.29) is 11.6 Å². The molecule has 3 rings (SSSR count). The first-order valence-corrected chi connectivity index (χ1v) is 6.46. The number of rotatable bonds is 5. The Balaban J connectivity index is 1.74. The Labute approximate surface area is 125 Å². The van der Waals surface area contributed by atoms with Gasteiger partial charge in [0.15, 0.2) is 5.82 Å². The van der Waals surface area contributed by atoms with Crippen LogP contribution in [0.15, 0.2) is 49.1 Å². The second kappa shape index (κ2) is 6.00. The summed E-state index contributed by atoms with van der Waals surface area (Å²) < 4.78 is 1.63. The van der Waals surface area contributed by atoms with Gasteiger partial charge < -0.3 is 5.11 Å². The van der Waals surface area contributed by atoms with E-state index in [1.807, 2.05) is 18.2 Å². The third-order valence-electron chi connectivity index (χ3n) is 2.87. The molecule has 0 aliphatic rings. The maximum atomic E-state index is 11.8. The first-order chi connectivity index (χ1) is 10.7. The van der Waals surface area contributed by atoms with Gasteiger partial charge in [-0.05, 0) is 18.2 Å². The summed E-state index contributed by atoms with van der Waals surface area (Å²) >= 11 is 0. The van der Waals surface area contributed by atoms with Gasteiger partial charge in [-0.3, -0.25) is 19.6 Å².